The molecule has 3 fully saturated rings. The highest BCUT2D eigenvalue weighted by Crippen LogP contribution is 2.52. The van der Waals surface area contributed by atoms with Crippen LogP contribution in [0.4, 0.5) is 0 Å². The molecule has 2 aliphatic carbocycles. The molecule has 1 saturated heterocycles. The summed E-state index contributed by atoms with van der Waals surface area (Å²) < 4.78 is 1.04. The van der Waals surface area contributed by atoms with Crippen molar-refractivity contribution < 1.29 is 9.90 Å². The van der Waals surface area contributed by atoms with Gasteiger partial charge in [-0.1, -0.05) is 28.1 Å². The van der Waals surface area contributed by atoms with Gasteiger partial charge in [0.1, 0.15) is 5.60 Å². The Bertz CT molecular complexity index is 554. The van der Waals surface area contributed by atoms with Crippen molar-refractivity contribution in [2.45, 2.75) is 36.7 Å². The summed E-state index contributed by atoms with van der Waals surface area (Å²) in [5.41, 5.74) is 0.240. The van der Waals surface area contributed by atoms with E-state index in [1.165, 1.54) is 0 Å². The molecule has 106 valence electrons. The first kappa shape index (κ1) is 12.8. The van der Waals surface area contributed by atoms with Crippen molar-refractivity contribution in [1.82, 2.24) is 4.90 Å². The quantitative estimate of drug-likeness (QED) is 0.921. The van der Waals surface area contributed by atoms with Crippen molar-refractivity contribution >= 4 is 21.8 Å². The summed E-state index contributed by atoms with van der Waals surface area (Å²) >= 11 is 3.43. The Morgan fingerprint density at radius 1 is 1.20 bits per heavy atom. The van der Waals surface area contributed by atoms with Gasteiger partial charge in [-0.05, 0) is 49.3 Å². The molecule has 3 aliphatic rings. The van der Waals surface area contributed by atoms with Gasteiger partial charge in [0, 0.05) is 4.47 Å². The number of β-amino-alcohol motifs (C(OH)–C–C–N with tert-alkyl or cyclic N) is 1. The number of nitrogens with zero attached hydrogens (tertiary/aromatic N) is 1. The predicted molar refractivity (Wildman–Crippen MR) is 79.3 cm³/mol. The van der Waals surface area contributed by atoms with Crippen LogP contribution in [0.1, 0.15) is 31.2 Å². The number of hydrogen-bond acceptors (Lipinski definition) is 2. The van der Waals surface area contributed by atoms with Gasteiger partial charge in [0.25, 0.3) is 0 Å². The molecule has 0 bridgehead atoms. The number of rotatable bonds is 3. The monoisotopic (exact) mass is 335 g/mol. The normalized spacial score (nSPS) is 26.0. The third kappa shape index (κ3) is 1.85. The van der Waals surface area contributed by atoms with Gasteiger partial charge in [-0.3, -0.25) is 4.79 Å². The molecule has 0 aromatic heterocycles. The summed E-state index contributed by atoms with van der Waals surface area (Å²) in [6.45, 7) is 1.07. The zero-order valence-electron chi connectivity index (χ0n) is 11.3. The summed E-state index contributed by atoms with van der Waals surface area (Å²) in [5.74, 6) is 0.652. The molecule has 0 radical (unpaired) electrons. The van der Waals surface area contributed by atoms with Gasteiger partial charge in [0.15, 0.2) is 0 Å². The van der Waals surface area contributed by atoms with Gasteiger partial charge in [0.05, 0.1) is 18.5 Å². The summed E-state index contributed by atoms with van der Waals surface area (Å²) in [7, 11) is 0. The highest BCUT2D eigenvalue weighted by molar-refractivity contribution is 9.10. The fourth-order valence-electron chi connectivity index (χ4n) is 3.46. The number of carbonyl (C=O) groups is 1. The van der Waals surface area contributed by atoms with Crippen molar-refractivity contribution in [2.24, 2.45) is 5.92 Å². The maximum atomic E-state index is 12.7. The van der Waals surface area contributed by atoms with Gasteiger partial charge < -0.3 is 10.0 Å². The zero-order chi connectivity index (χ0) is 14.0. The molecule has 4 heteroatoms. The zero-order valence-corrected chi connectivity index (χ0v) is 12.9. The van der Waals surface area contributed by atoms with E-state index in [0.29, 0.717) is 19.0 Å². The van der Waals surface area contributed by atoms with Crippen molar-refractivity contribution in [3.63, 3.8) is 0 Å². The topological polar surface area (TPSA) is 40.5 Å². The first-order valence-electron chi connectivity index (χ1n) is 7.31. The van der Waals surface area contributed by atoms with Gasteiger partial charge in [-0.15, -0.1) is 0 Å². The molecule has 1 aliphatic heterocycles. The van der Waals surface area contributed by atoms with Gasteiger partial charge in [-0.2, -0.15) is 0 Å². The third-order valence-corrected chi connectivity index (χ3v) is 5.64. The highest BCUT2D eigenvalue weighted by Gasteiger charge is 2.59. The van der Waals surface area contributed by atoms with Crippen LogP contribution >= 0.6 is 15.9 Å². The summed E-state index contributed by atoms with van der Waals surface area (Å²) in [4.78, 5) is 14.6. The Morgan fingerprint density at radius 3 is 2.30 bits per heavy atom. The largest absolute Gasteiger partial charge is 0.386 e. The minimum absolute atomic E-state index is 0.213. The Hall–Kier alpha value is -0.870. The van der Waals surface area contributed by atoms with Gasteiger partial charge in [-0.25, -0.2) is 0 Å². The van der Waals surface area contributed by atoms with E-state index in [1.807, 2.05) is 29.2 Å². The van der Waals surface area contributed by atoms with E-state index in [9.17, 15) is 9.90 Å². The lowest BCUT2D eigenvalue weighted by molar-refractivity contribution is -0.161. The first-order chi connectivity index (χ1) is 9.53. The predicted octanol–water partition coefficient (Wildman–Crippen LogP) is 2.46. The summed E-state index contributed by atoms with van der Waals surface area (Å²) in [5, 5.41) is 10.4. The number of aliphatic hydroxyl groups is 1. The van der Waals surface area contributed by atoms with Crippen LogP contribution in [0.2, 0.25) is 0 Å². The average Bonchev–Trinajstić information content (AvgIpc) is 3.27. The molecular weight excluding hydrogens is 318 g/mol. The van der Waals surface area contributed by atoms with Crippen molar-refractivity contribution in [2.75, 3.05) is 13.1 Å². The van der Waals surface area contributed by atoms with E-state index in [1.54, 1.807) is 0 Å². The second kappa shape index (κ2) is 4.08. The molecule has 1 aromatic rings. The fourth-order valence-corrected chi connectivity index (χ4v) is 3.72. The average molecular weight is 336 g/mol. The van der Waals surface area contributed by atoms with Crippen molar-refractivity contribution in [1.29, 1.82) is 0 Å². The van der Waals surface area contributed by atoms with E-state index < -0.39 is 5.60 Å². The molecule has 2 saturated carbocycles. The Balaban J connectivity index is 1.50. The second-order valence-corrected chi connectivity index (χ2v) is 7.54. The molecule has 1 heterocycles. The lowest BCUT2D eigenvalue weighted by atomic mass is 9.85. The first-order valence-corrected chi connectivity index (χ1v) is 8.11. The van der Waals surface area contributed by atoms with Gasteiger partial charge in [0.2, 0.25) is 5.91 Å². The molecule has 1 aromatic carbocycles. The Labute approximate surface area is 127 Å². The van der Waals surface area contributed by atoms with Crippen LogP contribution in [0, 0.1) is 5.92 Å². The molecule has 0 unspecified atom stereocenters. The van der Waals surface area contributed by atoms with Crippen LogP contribution in [0.3, 0.4) is 0 Å². The van der Waals surface area contributed by atoms with E-state index in [-0.39, 0.29) is 11.3 Å². The van der Waals surface area contributed by atoms with Crippen LogP contribution in [-0.2, 0) is 10.2 Å². The van der Waals surface area contributed by atoms with Crippen molar-refractivity contribution in [3.8, 4) is 0 Å². The SMILES string of the molecule is O=C(N1CC(O)(C2CC2)C1)C1(c2ccc(Br)cc2)CC1. The van der Waals surface area contributed by atoms with Crippen molar-refractivity contribution in [3.05, 3.63) is 34.3 Å². The number of amides is 1. The van der Waals surface area contributed by atoms with Gasteiger partial charge >= 0.3 is 0 Å². The number of benzene rings is 1. The number of carbonyl (C=O) groups excluding carboxylic acids is 1. The Morgan fingerprint density at radius 2 is 1.80 bits per heavy atom. The number of likely N-dealkylation sites (tertiary alicyclic amines) is 1. The lowest BCUT2D eigenvalue weighted by Gasteiger charge is -2.48. The third-order valence-electron chi connectivity index (χ3n) is 5.11. The standard InChI is InChI=1S/C16H18BrNO2/c17-13-5-3-11(4-6-13)15(7-8-15)14(19)18-9-16(20,10-18)12-1-2-12/h3-6,12,20H,1-2,7-10H2. The molecule has 0 atom stereocenters. The molecule has 20 heavy (non-hydrogen) atoms. The summed E-state index contributed by atoms with van der Waals surface area (Å²) in [6.07, 6.45) is 4.12. The van der Waals surface area contributed by atoms with Crippen LogP contribution in [0.15, 0.2) is 28.7 Å². The van der Waals surface area contributed by atoms with Crippen LogP contribution in [-0.4, -0.2) is 34.6 Å². The Kier molecular flexibility index (Phi) is 2.62. The lowest BCUT2D eigenvalue weighted by Crippen LogP contribution is -2.66. The van der Waals surface area contributed by atoms with Crippen LogP contribution in [0.5, 0.6) is 0 Å². The smallest absolute Gasteiger partial charge is 0.233 e. The van der Waals surface area contributed by atoms with E-state index in [4.69, 9.17) is 0 Å². The number of halogens is 1. The van der Waals surface area contributed by atoms with E-state index in [0.717, 1.165) is 35.7 Å². The van der Waals surface area contributed by atoms with Crippen LogP contribution in [0.25, 0.3) is 0 Å². The second-order valence-electron chi connectivity index (χ2n) is 6.63. The minimum Gasteiger partial charge on any atom is -0.386 e. The van der Waals surface area contributed by atoms with Crippen LogP contribution < -0.4 is 0 Å². The maximum absolute atomic E-state index is 12.7. The molecule has 0 spiro atoms. The molecule has 1 N–H and O–H groups in total. The fraction of sp³-hybridized carbons (Fsp3) is 0.562. The highest BCUT2D eigenvalue weighted by atomic mass is 79.9. The molecular formula is C16H18BrNO2. The summed E-state index contributed by atoms with van der Waals surface area (Å²) in [6, 6.07) is 8.09. The molecule has 1 amide bonds. The minimum atomic E-state index is -0.578. The molecule has 4 rings (SSSR count). The maximum Gasteiger partial charge on any atom is 0.233 e. The number of hydrogen-bond donors (Lipinski definition) is 1. The van der Waals surface area contributed by atoms with E-state index >= 15 is 0 Å². The molecule has 3 nitrogen and oxygen atoms in total. The van der Waals surface area contributed by atoms with E-state index in [2.05, 4.69) is 15.9 Å².